The lowest BCUT2D eigenvalue weighted by molar-refractivity contribution is -0.136. The summed E-state index contributed by atoms with van der Waals surface area (Å²) < 4.78 is 5.35. The van der Waals surface area contributed by atoms with Crippen LogP contribution in [0.5, 0.6) is 0 Å². The maximum Gasteiger partial charge on any atom is 0.228 e. The molecule has 132 valence electrons. The third kappa shape index (κ3) is 3.42. The Morgan fingerprint density at radius 2 is 2.12 bits per heavy atom. The van der Waals surface area contributed by atoms with Gasteiger partial charge < -0.3 is 20.3 Å². The van der Waals surface area contributed by atoms with E-state index in [2.05, 4.69) is 46.7 Å². The Bertz CT molecular complexity index is 564. The predicted molar refractivity (Wildman–Crippen MR) is 96.4 cm³/mol. The summed E-state index contributed by atoms with van der Waals surface area (Å²) in [4.78, 5) is 15.2. The third-order valence-corrected chi connectivity index (χ3v) is 5.45. The molecule has 0 bridgehead atoms. The van der Waals surface area contributed by atoms with Gasteiger partial charge in [0.05, 0.1) is 12.0 Å². The lowest BCUT2D eigenvalue weighted by Gasteiger charge is -2.36. The summed E-state index contributed by atoms with van der Waals surface area (Å²) in [7, 11) is 1.68. The molecule has 1 atom stereocenters. The molecule has 1 saturated heterocycles. The maximum atomic E-state index is 12.8. The van der Waals surface area contributed by atoms with Crippen molar-refractivity contribution in [2.24, 2.45) is 5.41 Å². The zero-order chi connectivity index (χ0) is 17.0. The first kappa shape index (κ1) is 17.2. The van der Waals surface area contributed by atoms with E-state index in [4.69, 9.17) is 4.74 Å². The van der Waals surface area contributed by atoms with Gasteiger partial charge in [0.15, 0.2) is 0 Å². The van der Waals surface area contributed by atoms with Crippen LogP contribution in [0.4, 0.5) is 5.69 Å². The maximum absolute atomic E-state index is 12.8. The van der Waals surface area contributed by atoms with E-state index >= 15 is 0 Å². The van der Waals surface area contributed by atoms with Crippen molar-refractivity contribution in [1.82, 2.24) is 10.6 Å². The van der Waals surface area contributed by atoms with Gasteiger partial charge in [-0.05, 0) is 50.9 Å². The molecule has 1 aromatic rings. The van der Waals surface area contributed by atoms with E-state index in [1.807, 2.05) is 0 Å². The average Bonchev–Trinajstić information content (AvgIpc) is 2.91. The molecule has 0 radical (unpaired) electrons. The number of anilines is 1. The van der Waals surface area contributed by atoms with E-state index in [0.29, 0.717) is 19.2 Å². The topological polar surface area (TPSA) is 53.6 Å². The number of benzene rings is 1. The summed E-state index contributed by atoms with van der Waals surface area (Å²) in [6.07, 6.45) is 2.77. The number of carbonyl (C=O) groups excluding carboxylic acids is 1. The van der Waals surface area contributed by atoms with Crippen LogP contribution in [-0.4, -0.2) is 51.8 Å². The van der Waals surface area contributed by atoms with Gasteiger partial charge in [0.25, 0.3) is 0 Å². The SMILES string of the molecule is COCC1(C(=O)NCCN2c3ccccc3CC2C)CCNCC1. The first-order valence-electron chi connectivity index (χ1n) is 8.99. The van der Waals surface area contributed by atoms with Crippen LogP contribution in [0.25, 0.3) is 0 Å². The van der Waals surface area contributed by atoms with E-state index < -0.39 is 0 Å². The van der Waals surface area contributed by atoms with Crippen molar-refractivity contribution in [2.75, 3.05) is 44.8 Å². The quantitative estimate of drug-likeness (QED) is 0.831. The van der Waals surface area contributed by atoms with Crippen LogP contribution in [0.3, 0.4) is 0 Å². The van der Waals surface area contributed by atoms with Crippen LogP contribution in [0.2, 0.25) is 0 Å². The number of amides is 1. The van der Waals surface area contributed by atoms with Gasteiger partial charge in [-0.25, -0.2) is 0 Å². The molecule has 24 heavy (non-hydrogen) atoms. The number of rotatable bonds is 6. The number of fused-ring (bicyclic) bond motifs is 1. The number of carbonyl (C=O) groups is 1. The molecule has 0 spiro atoms. The molecule has 5 nitrogen and oxygen atoms in total. The van der Waals surface area contributed by atoms with E-state index in [9.17, 15) is 4.79 Å². The molecule has 1 aromatic carbocycles. The summed E-state index contributed by atoms with van der Waals surface area (Å²) >= 11 is 0. The molecule has 3 rings (SSSR count). The van der Waals surface area contributed by atoms with Crippen molar-refractivity contribution < 1.29 is 9.53 Å². The Balaban J connectivity index is 1.57. The molecule has 1 fully saturated rings. The van der Waals surface area contributed by atoms with Crippen LogP contribution in [-0.2, 0) is 16.0 Å². The van der Waals surface area contributed by atoms with Crippen molar-refractivity contribution in [3.8, 4) is 0 Å². The van der Waals surface area contributed by atoms with Gasteiger partial charge in [0.2, 0.25) is 5.91 Å². The number of para-hydroxylation sites is 1. The fourth-order valence-electron chi connectivity index (χ4n) is 4.07. The Labute approximate surface area is 144 Å². The summed E-state index contributed by atoms with van der Waals surface area (Å²) in [5.74, 6) is 0.144. The zero-order valence-electron chi connectivity index (χ0n) is 14.8. The summed E-state index contributed by atoms with van der Waals surface area (Å²) in [6.45, 7) is 6.05. The molecule has 2 heterocycles. The highest BCUT2D eigenvalue weighted by Gasteiger charge is 2.39. The van der Waals surface area contributed by atoms with Gasteiger partial charge in [-0.2, -0.15) is 0 Å². The van der Waals surface area contributed by atoms with Gasteiger partial charge in [-0.15, -0.1) is 0 Å². The van der Waals surface area contributed by atoms with E-state index in [0.717, 1.165) is 38.9 Å². The minimum Gasteiger partial charge on any atom is -0.384 e. The minimum absolute atomic E-state index is 0.144. The monoisotopic (exact) mass is 331 g/mol. The molecule has 0 aromatic heterocycles. The zero-order valence-corrected chi connectivity index (χ0v) is 14.8. The van der Waals surface area contributed by atoms with Crippen LogP contribution in [0.15, 0.2) is 24.3 Å². The molecular formula is C19H29N3O2. The van der Waals surface area contributed by atoms with Crippen molar-refractivity contribution in [3.05, 3.63) is 29.8 Å². The fraction of sp³-hybridized carbons (Fsp3) is 0.632. The van der Waals surface area contributed by atoms with Crippen molar-refractivity contribution >= 4 is 11.6 Å². The highest BCUT2D eigenvalue weighted by Crippen LogP contribution is 2.32. The molecule has 1 unspecified atom stereocenters. The summed E-state index contributed by atoms with van der Waals surface area (Å²) in [5.41, 5.74) is 2.35. The Morgan fingerprint density at radius 3 is 2.88 bits per heavy atom. The van der Waals surface area contributed by atoms with Gasteiger partial charge >= 0.3 is 0 Å². The van der Waals surface area contributed by atoms with Crippen molar-refractivity contribution in [3.63, 3.8) is 0 Å². The molecule has 2 aliphatic rings. The Morgan fingerprint density at radius 1 is 1.38 bits per heavy atom. The number of piperidine rings is 1. The van der Waals surface area contributed by atoms with Crippen LogP contribution in [0, 0.1) is 5.41 Å². The smallest absolute Gasteiger partial charge is 0.228 e. The Hall–Kier alpha value is -1.59. The fourth-order valence-corrected chi connectivity index (χ4v) is 4.07. The third-order valence-electron chi connectivity index (χ3n) is 5.45. The lowest BCUT2D eigenvalue weighted by Crippen LogP contribution is -2.51. The molecule has 5 heteroatoms. The van der Waals surface area contributed by atoms with E-state index in [1.165, 1.54) is 11.3 Å². The van der Waals surface area contributed by atoms with E-state index in [1.54, 1.807) is 7.11 Å². The van der Waals surface area contributed by atoms with Gasteiger partial charge in [-0.3, -0.25) is 4.79 Å². The first-order valence-corrected chi connectivity index (χ1v) is 8.99. The number of ether oxygens (including phenoxy) is 1. The largest absolute Gasteiger partial charge is 0.384 e. The normalized spacial score (nSPS) is 22.2. The second-order valence-corrected chi connectivity index (χ2v) is 7.09. The minimum atomic E-state index is -0.367. The predicted octanol–water partition coefficient (Wildman–Crippen LogP) is 1.57. The number of methoxy groups -OCH3 is 1. The summed E-state index contributed by atoms with van der Waals surface area (Å²) in [5, 5.41) is 6.49. The lowest BCUT2D eigenvalue weighted by atomic mass is 9.78. The van der Waals surface area contributed by atoms with Gasteiger partial charge in [0.1, 0.15) is 0 Å². The van der Waals surface area contributed by atoms with Crippen LogP contribution < -0.4 is 15.5 Å². The number of hydrogen-bond acceptors (Lipinski definition) is 4. The number of nitrogens with zero attached hydrogens (tertiary/aromatic N) is 1. The molecular weight excluding hydrogens is 302 g/mol. The second kappa shape index (κ2) is 7.53. The number of nitrogens with one attached hydrogen (secondary N) is 2. The van der Waals surface area contributed by atoms with Gasteiger partial charge in [0, 0.05) is 31.9 Å². The Kier molecular flexibility index (Phi) is 5.41. The molecule has 0 saturated carbocycles. The van der Waals surface area contributed by atoms with Crippen molar-refractivity contribution in [2.45, 2.75) is 32.2 Å². The van der Waals surface area contributed by atoms with Gasteiger partial charge in [-0.1, -0.05) is 18.2 Å². The summed E-state index contributed by atoms with van der Waals surface area (Å²) in [6, 6.07) is 9.06. The molecule has 0 aliphatic carbocycles. The highest BCUT2D eigenvalue weighted by atomic mass is 16.5. The standard InChI is InChI=1S/C19H29N3O2/c1-15-13-16-5-3-4-6-17(16)22(15)12-11-21-18(23)19(14-24-2)7-9-20-10-8-19/h3-6,15,20H,7-14H2,1-2H3,(H,21,23). The molecule has 1 amide bonds. The van der Waals surface area contributed by atoms with Crippen molar-refractivity contribution in [1.29, 1.82) is 0 Å². The second-order valence-electron chi connectivity index (χ2n) is 7.09. The highest BCUT2D eigenvalue weighted by molar-refractivity contribution is 5.83. The van der Waals surface area contributed by atoms with E-state index in [-0.39, 0.29) is 11.3 Å². The number of hydrogen-bond donors (Lipinski definition) is 2. The average molecular weight is 331 g/mol. The van der Waals surface area contributed by atoms with Crippen LogP contribution >= 0.6 is 0 Å². The van der Waals surface area contributed by atoms with Crippen LogP contribution in [0.1, 0.15) is 25.3 Å². The molecule has 2 N–H and O–H groups in total. The first-order chi connectivity index (χ1) is 11.7. The molecule has 2 aliphatic heterocycles.